The summed E-state index contributed by atoms with van der Waals surface area (Å²) in [6.07, 6.45) is 2.25. The van der Waals surface area contributed by atoms with Crippen LogP contribution >= 0.6 is 0 Å². The van der Waals surface area contributed by atoms with E-state index in [-0.39, 0.29) is 23.3 Å². The Kier molecular flexibility index (Phi) is 5.46. The summed E-state index contributed by atoms with van der Waals surface area (Å²) < 4.78 is 0. The topological polar surface area (TPSA) is 49.4 Å². The van der Waals surface area contributed by atoms with Crippen LogP contribution in [0.2, 0.25) is 0 Å². The van der Waals surface area contributed by atoms with E-state index in [0.29, 0.717) is 18.9 Å². The van der Waals surface area contributed by atoms with Crippen molar-refractivity contribution in [2.24, 2.45) is 11.3 Å². The third-order valence-electron chi connectivity index (χ3n) is 4.32. The van der Waals surface area contributed by atoms with E-state index in [9.17, 15) is 9.59 Å². The van der Waals surface area contributed by atoms with Gasteiger partial charge in [-0.15, -0.1) is 0 Å². The fourth-order valence-corrected chi connectivity index (χ4v) is 2.64. The molecule has 0 radical (unpaired) electrons. The van der Waals surface area contributed by atoms with Crippen molar-refractivity contribution in [2.75, 3.05) is 6.54 Å². The lowest BCUT2D eigenvalue weighted by molar-refractivity contribution is -0.155. The standard InChI is InChI=1S/C17H32N2O2/c1-8-17(7)15(21)19(10-9-16(4,5)6)13(11-12(2)3)14(20)18-17/h12-13H,8-11H2,1-7H3,(H,18,20). The van der Waals surface area contributed by atoms with Crippen LogP contribution in [0.15, 0.2) is 0 Å². The SMILES string of the molecule is CCC1(C)NC(=O)C(CC(C)C)N(CCC(C)(C)C)C1=O. The second kappa shape index (κ2) is 6.37. The minimum atomic E-state index is -0.748. The predicted octanol–water partition coefficient (Wildman–Crippen LogP) is 2.96. The van der Waals surface area contributed by atoms with E-state index >= 15 is 0 Å². The molecule has 1 heterocycles. The van der Waals surface area contributed by atoms with Crippen molar-refractivity contribution in [1.29, 1.82) is 0 Å². The van der Waals surface area contributed by atoms with Crippen molar-refractivity contribution in [3.8, 4) is 0 Å². The van der Waals surface area contributed by atoms with Gasteiger partial charge in [-0.2, -0.15) is 0 Å². The first-order chi connectivity index (χ1) is 9.50. The first kappa shape index (κ1) is 18.0. The van der Waals surface area contributed by atoms with Crippen LogP contribution in [-0.2, 0) is 9.59 Å². The molecule has 4 heteroatoms. The number of carbonyl (C=O) groups excluding carboxylic acids is 2. The van der Waals surface area contributed by atoms with Gasteiger partial charge in [-0.1, -0.05) is 41.5 Å². The molecule has 0 spiro atoms. The largest absolute Gasteiger partial charge is 0.340 e. The molecule has 1 saturated heterocycles. The van der Waals surface area contributed by atoms with E-state index in [1.165, 1.54) is 0 Å². The van der Waals surface area contributed by atoms with E-state index in [1.807, 2.05) is 18.7 Å². The lowest BCUT2D eigenvalue weighted by atomic mass is 9.87. The van der Waals surface area contributed by atoms with E-state index < -0.39 is 5.54 Å². The Morgan fingerprint density at radius 1 is 1.29 bits per heavy atom. The van der Waals surface area contributed by atoms with Crippen molar-refractivity contribution in [1.82, 2.24) is 10.2 Å². The molecule has 0 aromatic carbocycles. The molecule has 1 fully saturated rings. The van der Waals surface area contributed by atoms with Gasteiger partial charge in [0, 0.05) is 6.54 Å². The highest BCUT2D eigenvalue weighted by molar-refractivity contribution is 5.99. The van der Waals surface area contributed by atoms with Crippen LogP contribution in [0.5, 0.6) is 0 Å². The van der Waals surface area contributed by atoms with Crippen LogP contribution in [0.3, 0.4) is 0 Å². The van der Waals surface area contributed by atoms with E-state index in [0.717, 1.165) is 12.8 Å². The summed E-state index contributed by atoms with van der Waals surface area (Å²) in [4.78, 5) is 27.2. The normalized spacial score (nSPS) is 27.2. The van der Waals surface area contributed by atoms with Gasteiger partial charge in [-0.3, -0.25) is 9.59 Å². The van der Waals surface area contributed by atoms with Crippen molar-refractivity contribution in [2.45, 2.75) is 79.3 Å². The molecule has 1 N–H and O–H groups in total. The van der Waals surface area contributed by atoms with Gasteiger partial charge in [0.05, 0.1) is 0 Å². The van der Waals surface area contributed by atoms with E-state index in [1.54, 1.807) is 0 Å². The van der Waals surface area contributed by atoms with Gasteiger partial charge in [0.15, 0.2) is 0 Å². The van der Waals surface area contributed by atoms with Gasteiger partial charge in [0.25, 0.3) is 0 Å². The number of amides is 2. The Bertz CT molecular complexity index is 398. The van der Waals surface area contributed by atoms with E-state index in [4.69, 9.17) is 0 Å². The van der Waals surface area contributed by atoms with Crippen LogP contribution in [0.4, 0.5) is 0 Å². The second-order valence-corrected chi connectivity index (χ2v) is 8.13. The number of carbonyl (C=O) groups is 2. The number of nitrogens with one attached hydrogen (secondary N) is 1. The molecule has 0 aromatic heterocycles. The molecular weight excluding hydrogens is 264 g/mol. The van der Waals surface area contributed by atoms with Crippen LogP contribution < -0.4 is 5.32 Å². The van der Waals surface area contributed by atoms with Gasteiger partial charge < -0.3 is 10.2 Å². The molecule has 2 unspecified atom stereocenters. The van der Waals surface area contributed by atoms with Crippen LogP contribution in [-0.4, -0.2) is 34.8 Å². The summed E-state index contributed by atoms with van der Waals surface area (Å²) in [5.74, 6) is 0.456. The summed E-state index contributed by atoms with van der Waals surface area (Å²) in [7, 11) is 0. The highest BCUT2D eigenvalue weighted by Gasteiger charge is 2.46. The molecule has 2 amide bonds. The van der Waals surface area contributed by atoms with E-state index in [2.05, 4.69) is 39.9 Å². The molecule has 122 valence electrons. The highest BCUT2D eigenvalue weighted by atomic mass is 16.2. The average molecular weight is 296 g/mol. The predicted molar refractivity (Wildman–Crippen MR) is 85.9 cm³/mol. The van der Waals surface area contributed by atoms with Crippen molar-refractivity contribution in [3.05, 3.63) is 0 Å². The maximum atomic E-state index is 12.8. The maximum Gasteiger partial charge on any atom is 0.248 e. The lowest BCUT2D eigenvalue weighted by Crippen LogP contribution is -2.69. The summed E-state index contributed by atoms with van der Waals surface area (Å²) in [5, 5.41) is 2.94. The van der Waals surface area contributed by atoms with Gasteiger partial charge in [-0.05, 0) is 37.5 Å². The molecule has 21 heavy (non-hydrogen) atoms. The van der Waals surface area contributed by atoms with Crippen molar-refractivity contribution < 1.29 is 9.59 Å². The fourth-order valence-electron chi connectivity index (χ4n) is 2.64. The summed E-state index contributed by atoms with van der Waals surface area (Å²) in [6, 6.07) is -0.320. The number of nitrogens with zero attached hydrogens (tertiary/aromatic N) is 1. The zero-order chi connectivity index (χ0) is 16.4. The molecule has 1 aliphatic heterocycles. The number of rotatable bonds is 5. The number of hydrogen-bond acceptors (Lipinski definition) is 2. The Labute approximate surface area is 129 Å². The zero-order valence-corrected chi connectivity index (χ0v) is 14.7. The summed E-state index contributed by atoms with van der Waals surface area (Å²) in [6.45, 7) is 15.1. The molecule has 0 saturated carbocycles. The van der Waals surface area contributed by atoms with Crippen LogP contribution in [0, 0.1) is 11.3 Å². The minimum Gasteiger partial charge on any atom is -0.340 e. The van der Waals surface area contributed by atoms with Crippen LogP contribution in [0.1, 0.15) is 67.7 Å². The maximum absolute atomic E-state index is 12.8. The monoisotopic (exact) mass is 296 g/mol. The molecule has 1 rings (SSSR count). The van der Waals surface area contributed by atoms with Gasteiger partial charge in [-0.25, -0.2) is 0 Å². The average Bonchev–Trinajstić information content (AvgIpc) is 2.33. The minimum absolute atomic E-state index is 0.00144. The van der Waals surface area contributed by atoms with Gasteiger partial charge in [0.2, 0.25) is 11.8 Å². The fraction of sp³-hybridized carbons (Fsp3) is 0.882. The summed E-state index contributed by atoms with van der Waals surface area (Å²) in [5.41, 5.74) is -0.596. The molecular formula is C17H32N2O2. The first-order valence-corrected chi connectivity index (χ1v) is 8.13. The molecule has 0 aliphatic carbocycles. The Hall–Kier alpha value is -1.06. The number of hydrogen-bond donors (Lipinski definition) is 1. The Morgan fingerprint density at radius 3 is 2.29 bits per heavy atom. The van der Waals surface area contributed by atoms with Crippen molar-refractivity contribution in [3.63, 3.8) is 0 Å². The quantitative estimate of drug-likeness (QED) is 0.848. The van der Waals surface area contributed by atoms with Gasteiger partial charge in [0.1, 0.15) is 11.6 Å². The zero-order valence-electron chi connectivity index (χ0n) is 14.7. The molecule has 0 aromatic rings. The Morgan fingerprint density at radius 2 is 1.86 bits per heavy atom. The Balaban J connectivity index is 3.00. The van der Waals surface area contributed by atoms with Crippen LogP contribution in [0.25, 0.3) is 0 Å². The number of piperazine rings is 1. The second-order valence-electron chi connectivity index (χ2n) is 8.13. The molecule has 4 nitrogen and oxygen atoms in total. The molecule has 0 bridgehead atoms. The highest BCUT2D eigenvalue weighted by Crippen LogP contribution is 2.27. The summed E-state index contributed by atoms with van der Waals surface area (Å²) >= 11 is 0. The first-order valence-electron chi connectivity index (χ1n) is 8.13. The third kappa shape index (κ3) is 4.45. The lowest BCUT2D eigenvalue weighted by Gasteiger charge is -2.45. The third-order valence-corrected chi connectivity index (χ3v) is 4.32. The van der Waals surface area contributed by atoms with Gasteiger partial charge >= 0.3 is 0 Å². The van der Waals surface area contributed by atoms with Crippen molar-refractivity contribution >= 4 is 11.8 Å². The molecule has 1 aliphatic rings. The smallest absolute Gasteiger partial charge is 0.248 e. The molecule has 2 atom stereocenters.